The molecule has 2 unspecified atom stereocenters. The lowest BCUT2D eigenvalue weighted by molar-refractivity contribution is -0.160. The molecule has 2 aliphatic rings. The van der Waals surface area contributed by atoms with Gasteiger partial charge in [-0.1, -0.05) is 13.8 Å². The second-order valence-electron chi connectivity index (χ2n) is 5.32. The van der Waals surface area contributed by atoms with Gasteiger partial charge in [0, 0.05) is 16.6 Å². The lowest BCUT2D eigenvalue weighted by Gasteiger charge is -2.52. The molecule has 0 aromatic rings. The van der Waals surface area contributed by atoms with Crippen LogP contribution in [-0.2, 0) is 9.59 Å². The summed E-state index contributed by atoms with van der Waals surface area (Å²) >= 11 is 0. The van der Waals surface area contributed by atoms with Gasteiger partial charge in [0.15, 0.2) is 0 Å². The predicted molar refractivity (Wildman–Crippen MR) is 58.4 cm³/mol. The standard InChI is InChI=1S/C12H17NO3/c1-6-7(2)11(16)13(10(6)15)8-5-9(14)12(8,3)4/h8-9,14H,5H2,1-4H3. The summed E-state index contributed by atoms with van der Waals surface area (Å²) in [6.07, 6.45) is 0.0599. The van der Waals surface area contributed by atoms with Crippen LogP contribution in [-0.4, -0.2) is 34.0 Å². The molecule has 1 heterocycles. The van der Waals surface area contributed by atoms with Gasteiger partial charge in [0.05, 0.1) is 12.1 Å². The van der Waals surface area contributed by atoms with Crippen molar-refractivity contribution in [1.29, 1.82) is 0 Å². The van der Waals surface area contributed by atoms with Crippen molar-refractivity contribution in [2.45, 2.75) is 46.3 Å². The van der Waals surface area contributed by atoms with Gasteiger partial charge in [-0.25, -0.2) is 0 Å². The molecule has 1 N–H and O–H groups in total. The first-order chi connectivity index (χ1) is 7.28. The topological polar surface area (TPSA) is 57.6 Å². The zero-order valence-corrected chi connectivity index (χ0v) is 10.1. The molecule has 2 atom stereocenters. The van der Waals surface area contributed by atoms with Crippen LogP contribution in [0.2, 0.25) is 0 Å². The van der Waals surface area contributed by atoms with Crippen LogP contribution in [0.15, 0.2) is 11.1 Å². The van der Waals surface area contributed by atoms with Crippen molar-refractivity contribution < 1.29 is 14.7 Å². The maximum Gasteiger partial charge on any atom is 0.257 e. The zero-order chi connectivity index (χ0) is 12.2. The average molecular weight is 223 g/mol. The Bertz CT molecular complexity index is 384. The molecule has 88 valence electrons. The molecule has 4 nitrogen and oxygen atoms in total. The van der Waals surface area contributed by atoms with E-state index < -0.39 is 11.5 Å². The van der Waals surface area contributed by atoms with Crippen LogP contribution in [0, 0.1) is 5.41 Å². The Morgan fingerprint density at radius 2 is 1.62 bits per heavy atom. The van der Waals surface area contributed by atoms with Crippen molar-refractivity contribution >= 4 is 11.8 Å². The highest BCUT2D eigenvalue weighted by Crippen LogP contribution is 2.45. The number of hydrogen-bond acceptors (Lipinski definition) is 3. The molecule has 0 bridgehead atoms. The normalized spacial score (nSPS) is 33.4. The van der Waals surface area contributed by atoms with Crippen molar-refractivity contribution in [2.75, 3.05) is 0 Å². The first-order valence-corrected chi connectivity index (χ1v) is 5.52. The van der Waals surface area contributed by atoms with E-state index in [0.29, 0.717) is 17.6 Å². The molecule has 4 heteroatoms. The van der Waals surface area contributed by atoms with E-state index in [0.717, 1.165) is 0 Å². The van der Waals surface area contributed by atoms with E-state index in [1.54, 1.807) is 13.8 Å². The molecule has 1 saturated carbocycles. The first kappa shape index (κ1) is 11.3. The summed E-state index contributed by atoms with van der Waals surface area (Å²) in [5.41, 5.74) is 0.667. The Morgan fingerprint density at radius 1 is 1.19 bits per heavy atom. The van der Waals surface area contributed by atoms with Gasteiger partial charge in [0.1, 0.15) is 0 Å². The van der Waals surface area contributed by atoms with Gasteiger partial charge in [0.25, 0.3) is 11.8 Å². The van der Waals surface area contributed by atoms with Gasteiger partial charge in [-0.2, -0.15) is 0 Å². The zero-order valence-electron chi connectivity index (χ0n) is 10.1. The minimum absolute atomic E-state index is 0.171. The third-order valence-electron chi connectivity index (χ3n) is 4.12. The second kappa shape index (κ2) is 3.17. The van der Waals surface area contributed by atoms with Crippen molar-refractivity contribution in [3.05, 3.63) is 11.1 Å². The van der Waals surface area contributed by atoms with Crippen molar-refractivity contribution in [1.82, 2.24) is 4.90 Å². The van der Waals surface area contributed by atoms with Crippen LogP contribution in [0.3, 0.4) is 0 Å². The Balaban J connectivity index is 2.27. The number of aliphatic hydroxyl groups is 1. The number of aliphatic hydroxyl groups excluding tert-OH is 1. The summed E-state index contributed by atoms with van der Waals surface area (Å²) in [5, 5.41) is 9.65. The summed E-state index contributed by atoms with van der Waals surface area (Å²) in [4.78, 5) is 25.2. The van der Waals surface area contributed by atoms with Gasteiger partial charge in [0.2, 0.25) is 0 Å². The second-order valence-corrected chi connectivity index (χ2v) is 5.32. The Labute approximate surface area is 94.9 Å². The maximum atomic E-state index is 11.9. The minimum atomic E-state index is -0.431. The minimum Gasteiger partial charge on any atom is -0.392 e. The predicted octanol–water partition coefficient (Wildman–Crippen LogP) is 0.851. The van der Waals surface area contributed by atoms with E-state index in [1.165, 1.54) is 4.90 Å². The number of amides is 2. The maximum absolute atomic E-state index is 11.9. The molecular formula is C12H17NO3. The SMILES string of the molecule is CC1=C(C)C(=O)N(C2CC(O)C2(C)C)C1=O. The molecule has 0 aromatic carbocycles. The highest BCUT2D eigenvalue weighted by atomic mass is 16.3. The van der Waals surface area contributed by atoms with E-state index in [1.807, 2.05) is 13.8 Å². The Kier molecular flexibility index (Phi) is 2.24. The van der Waals surface area contributed by atoms with Crippen molar-refractivity contribution in [3.63, 3.8) is 0 Å². The van der Waals surface area contributed by atoms with Crippen LogP contribution < -0.4 is 0 Å². The Hall–Kier alpha value is -1.16. The number of carbonyl (C=O) groups is 2. The van der Waals surface area contributed by atoms with Gasteiger partial charge < -0.3 is 5.11 Å². The molecule has 0 spiro atoms. The van der Waals surface area contributed by atoms with Crippen LogP contribution in [0.25, 0.3) is 0 Å². The third kappa shape index (κ3) is 1.19. The van der Waals surface area contributed by atoms with E-state index in [-0.39, 0.29) is 17.9 Å². The van der Waals surface area contributed by atoms with E-state index in [4.69, 9.17) is 0 Å². The molecule has 1 aliphatic heterocycles. The van der Waals surface area contributed by atoms with Gasteiger partial charge >= 0.3 is 0 Å². The number of hydrogen-bond donors (Lipinski definition) is 1. The smallest absolute Gasteiger partial charge is 0.257 e. The lowest BCUT2D eigenvalue weighted by atomic mass is 9.64. The van der Waals surface area contributed by atoms with E-state index >= 15 is 0 Å². The lowest BCUT2D eigenvalue weighted by Crippen LogP contribution is -2.62. The molecule has 1 fully saturated rings. The van der Waals surface area contributed by atoms with Gasteiger partial charge in [-0.15, -0.1) is 0 Å². The van der Waals surface area contributed by atoms with Crippen molar-refractivity contribution in [3.8, 4) is 0 Å². The molecule has 1 aliphatic carbocycles. The molecule has 16 heavy (non-hydrogen) atoms. The summed E-state index contributed by atoms with van der Waals surface area (Å²) in [6, 6.07) is -0.171. The largest absolute Gasteiger partial charge is 0.392 e. The van der Waals surface area contributed by atoms with E-state index in [2.05, 4.69) is 0 Å². The number of imide groups is 1. The highest BCUT2D eigenvalue weighted by Gasteiger charge is 2.54. The fourth-order valence-corrected chi connectivity index (χ4v) is 2.38. The molecule has 2 rings (SSSR count). The third-order valence-corrected chi connectivity index (χ3v) is 4.12. The van der Waals surface area contributed by atoms with Crippen LogP contribution in [0.4, 0.5) is 0 Å². The first-order valence-electron chi connectivity index (χ1n) is 5.52. The fraction of sp³-hybridized carbons (Fsp3) is 0.667. The van der Waals surface area contributed by atoms with Gasteiger partial charge in [-0.3, -0.25) is 14.5 Å². The molecule has 0 aromatic heterocycles. The average Bonchev–Trinajstić information content (AvgIpc) is 2.41. The fourth-order valence-electron chi connectivity index (χ4n) is 2.38. The van der Waals surface area contributed by atoms with E-state index in [9.17, 15) is 14.7 Å². The van der Waals surface area contributed by atoms with Crippen molar-refractivity contribution in [2.24, 2.45) is 5.41 Å². The van der Waals surface area contributed by atoms with Crippen LogP contribution in [0.5, 0.6) is 0 Å². The summed E-state index contributed by atoms with van der Waals surface area (Å²) in [6.45, 7) is 7.13. The molecular weight excluding hydrogens is 206 g/mol. The molecule has 0 saturated heterocycles. The van der Waals surface area contributed by atoms with Gasteiger partial charge in [-0.05, 0) is 20.3 Å². The summed E-state index contributed by atoms with van der Waals surface area (Å²) in [7, 11) is 0. The Morgan fingerprint density at radius 3 is 1.94 bits per heavy atom. The molecule has 2 amide bonds. The monoisotopic (exact) mass is 223 g/mol. The number of nitrogens with zero attached hydrogens (tertiary/aromatic N) is 1. The number of rotatable bonds is 1. The quantitative estimate of drug-likeness (QED) is 0.670. The summed E-state index contributed by atoms with van der Waals surface area (Å²) < 4.78 is 0. The highest BCUT2D eigenvalue weighted by molar-refractivity contribution is 6.19. The van der Waals surface area contributed by atoms with Crippen LogP contribution in [0.1, 0.15) is 34.1 Å². The summed E-state index contributed by atoms with van der Waals surface area (Å²) in [5.74, 6) is -0.403. The van der Waals surface area contributed by atoms with Crippen LogP contribution >= 0.6 is 0 Å². The molecule has 0 radical (unpaired) electrons. The number of carbonyl (C=O) groups excluding carboxylic acids is 2.